The fourth-order valence-electron chi connectivity index (χ4n) is 1.52. The second-order valence-corrected chi connectivity index (χ2v) is 6.39. The van der Waals surface area contributed by atoms with Gasteiger partial charge in [-0.1, -0.05) is 13.8 Å². The molecule has 0 aromatic carbocycles. The zero-order valence-electron chi connectivity index (χ0n) is 12.7. The molecule has 2 unspecified atom stereocenters. The van der Waals surface area contributed by atoms with E-state index in [4.69, 9.17) is 13.8 Å². The molecule has 19 heavy (non-hydrogen) atoms. The Labute approximate surface area is 116 Å². The lowest BCUT2D eigenvalue weighted by atomic mass is 10.2. The minimum absolute atomic E-state index is 0.114. The molecule has 114 valence electrons. The summed E-state index contributed by atoms with van der Waals surface area (Å²) < 4.78 is 29.0. The van der Waals surface area contributed by atoms with Gasteiger partial charge in [0.1, 0.15) is 12.1 Å². The minimum atomic E-state index is -3.43. The van der Waals surface area contributed by atoms with Crippen molar-refractivity contribution in [1.82, 2.24) is 4.67 Å². The molecule has 0 aliphatic carbocycles. The smallest absolute Gasteiger partial charge is 0.408 e. The number of esters is 1. The molecule has 0 heterocycles. The van der Waals surface area contributed by atoms with Gasteiger partial charge in [-0.05, 0) is 33.7 Å². The summed E-state index contributed by atoms with van der Waals surface area (Å²) in [4.78, 5) is 12.0. The van der Waals surface area contributed by atoms with E-state index in [9.17, 15) is 9.36 Å². The average molecular weight is 295 g/mol. The third-order valence-electron chi connectivity index (χ3n) is 3.00. The molecule has 0 N–H and O–H groups in total. The van der Waals surface area contributed by atoms with Gasteiger partial charge in [0.2, 0.25) is 0 Å². The SMILES string of the molecule is CCOP(=O)(OC)N(C)C(C)C(=O)OC(CC)CC. The minimum Gasteiger partial charge on any atom is -0.461 e. The predicted octanol–water partition coefficient (Wildman–Crippen LogP) is 2.83. The third-order valence-corrected chi connectivity index (χ3v) is 5.17. The Kier molecular flexibility index (Phi) is 8.50. The van der Waals surface area contributed by atoms with Gasteiger partial charge < -0.3 is 4.74 Å². The molecule has 0 rings (SSSR count). The van der Waals surface area contributed by atoms with Crippen LogP contribution < -0.4 is 0 Å². The zero-order chi connectivity index (χ0) is 15.1. The van der Waals surface area contributed by atoms with E-state index in [0.717, 1.165) is 12.8 Å². The summed E-state index contributed by atoms with van der Waals surface area (Å²) in [6.45, 7) is 7.48. The number of hydrogen-bond donors (Lipinski definition) is 0. The molecule has 0 bridgehead atoms. The van der Waals surface area contributed by atoms with Crippen LogP contribution in [0.2, 0.25) is 0 Å². The molecule has 0 aromatic heterocycles. The number of nitrogens with zero attached hydrogens (tertiary/aromatic N) is 1. The van der Waals surface area contributed by atoms with E-state index in [1.807, 2.05) is 13.8 Å². The van der Waals surface area contributed by atoms with Crippen molar-refractivity contribution in [3.8, 4) is 0 Å². The molecule has 7 heteroatoms. The lowest BCUT2D eigenvalue weighted by Crippen LogP contribution is -2.37. The van der Waals surface area contributed by atoms with Crippen LogP contribution in [0.3, 0.4) is 0 Å². The molecule has 0 aliphatic heterocycles. The first-order chi connectivity index (χ1) is 8.86. The van der Waals surface area contributed by atoms with Gasteiger partial charge in [-0.25, -0.2) is 4.57 Å². The normalized spacial score (nSPS) is 16.4. The number of rotatable bonds is 9. The summed E-state index contributed by atoms with van der Waals surface area (Å²) in [7, 11) is -0.605. The van der Waals surface area contributed by atoms with Crippen molar-refractivity contribution in [3.05, 3.63) is 0 Å². The Morgan fingerprint density at radius 3 is 2.16 bits per heavy atom. The van der Waals surface area contributed by atoms with Gasteiger partial charge in [-0.15, -0.1) is 0 Å². The molecule has 0 amide bonds. The fourth-order valence-corrected chi connectivity index (χ4v) is 2.91. The van der Waals surface area contributed by atoms with Crippen LogP contribution in [0.4, 0.5) is 0 Å². The van der Waals surface area contributed by atoms with Gasteiger partial charge in [0.05, 0.1) is 6.61 Å². The highest BCUT2D eigenvalue weighted by molar-refractivity contribution is 7.51. The first-order valence-corrected chi connectivity index (χ1v) is 8.09. The van der Waals surface area contributed by atoms with E-state index in [1.54, 1.807) is 13.8 Å². The Balaban J connectivity index is 4.74. The van der Waals surface area contributed by atoms with Crippen molar-refractivity contribution in [2.45, 2.75) is 52.7 Å². The van der Waals surface area contributed by atoms with Gasteiger partial charge in [-0.3, -0.25) is 13.8 Å². The molecule has 0 saturated heterocycles. The van der Waals surface area contributed by atoms with Crippen LogP contribution in [-0.4, -0.2) is 43.5 Å². The first-order valence-electron chi connectivity index (χ1n) is 6.60. The second kappa shape index (κ2) is 8.69. The fraction of sp³-hybridized carbons (Fsp3) is 0.917. The maximum Gasteiger partial charge on any atom is 0.408 e. The Morgan fingerprint density at radius 2 is 1.79 bits per heavy atom. The Morgan fingerprint density at radius 1 is 1.26 bits per heavy atom. The van der Waals surface area contributed by atoms with E-state index in [2.05, 4.69) is 0 Å². The molecular weight excluding hydrogens is 269 g/mol. The largest absolute Gasteiger partial charge is 0.461 e. The maximum absolute atomic E-state index is 12.3. The van der Waals surface area contributed by atoms with Crippen molar-refractivity contribution < 1.29 is 23.1 Å². The van der Waals surface area contributed by atoms with E-state index >= 15 is 0 Å². The van der Waals surface area contributed by atoms with Gasteiger partial charge in [0.15, 0.2) is 0 Å². The average Bonchev–Trinajstić information content (AvgIpc) is 2.42. The quantitative estimate of drug-likeness (QED) is 0.481. The number of carbonyl (C=O) groups excluding carboxylic acids is 1. The highest BCUT2D eigenvalue weighted by Gasteiger charge is 2.36. The lowest BCUT2D eigenvalue weighted by molar-refractivity contribution is -0.153. The number of ether oxygens (including phenoxy) is 1. The van der Waals surface area contributed by atoms with Crippen LogP contribution in [0.15, 0.2) is 0 Å². The molecule has 0 saturated carbocycles. The maximum atomic E-state index is 12.3. The standard InChI is InChI=1S/C12H26NO5P/c1-7-11(8-2)18-12(14)10(4)13(5)19(15,16-6)17-9-3/h10-11H,7-9H2,1-6H3. The van der Waals surface area contributed by atoms with Crippen molar-refractivity contribution >= 4 is 13.7 Å². The molecule has 2 atom stereocenters. The Bertz CT molecular complexity index is 319. The predicted molar refractivity (Wildman–Crippen MR) is 73.9 cm³/mol. The summed E-state index contributed by atoms with van der Waals surface area (Å²) in [5, 5.41) is 0. The van der Waals surface area contributed by atoms with Gasteiger partial charge in [0.25, 0.3) is 0 Å². The highest BCUT2D eigenvalue weighted by atomic mass is 31.2. The Hall–Kier alpha value is -0.420. The highest BCUT2D eigenvalue weighted by Crippen LogP contribution is 2.51. The van der Waals surface area contributed by atoms with Gasteiger partial charge in [-0.2, -0.15) is 4.67 Å². The molecule has 0 aromatic rings. The summed E-state index contributed by atoms with van der Waals surface area (Å²) >= 11 is 0. The van der Waals surface area contributed by atoms with Crippen LogP contribution in [0, 0.1) is 0 Å². The summed E-state index contributed by atoms with van der Waals surface area (Å²) in [5.41, 5.74) is 0. The van der Waals surface area contributed by atoms with E-state index in [0.29, 0.717) is 0 Å². The molecule has 0 spiro atoms. The first kappa shape index (κ1) is 18.6. The van der Waals surface area contributed by atoms with Crippen LogP contribution in [-0.2, 0) is 23.1 Å². The number of likely N-dealkylation sites (N-methyl/N-ethyl adjacent to an activating group) is 1. The van der Waals surface area contributed by atoms with Crippen LogP contribution in [0.1, 0.15) is 40.5 Å². The van der Waals surface area contributed by atoms with Gasteiger partial charge >= 0.3 is 13.7 Å². The number of carbonyl (C=O) groups is 1. The summed E-state index contributed by atoms with van der Waals surface area (Å²) in [6.07, 6.45) is 1.40. The van der Waals surface area contributed by atoms with E-state index in [-0.39, 0.29) is 12.7 Å². The van der Waals surface area contributed by atoms with Crippen molar-refractivity contribution in [1.29, 1.82) is 0 Å². The molecular formula is C12H26NO5P. The van der Waals surface area contributed by atoms with E-state index < -0.39 is 19.8 Å². The topological polar surface area (TPSA) is 65.1 Å². The molecule has 0 fully saturated rings. The molecule has 0 radical (unpaired) electrons. The third kappa shape index (κ3) is 5.22. The second-order valence-electron chi connectivity index (χ2n) is 4.19. The molecule has 0 aliphatic rings. The van der Waals surface area contributed by atoms with Crippen LogP contribution >= 0.6 is 7.75 Å². The molecule has 6 nitrogen and oxygen atoms in total. The van der Waals surface area contributed by atoms with Crippen LogP contribution in [0.25, 0.3) is 0 Å². The monoisotopic (exact) mass is 295 g/mol. The van der Waals surface area contributed by atoms with Crippen molar-refractivity contribution in [2.24, 2.45) is 0 Å². The zero-order valence-corrected chi connectivity index (χ0v) is 13.6. The van der Waals surface area contributed by atoms with Crippen molar-refractivity contribution in [3.63, 3.8) is 0 Å². The van der Waals surface area contributed by atoms with E-state index in [1.165, 1.54) is 18.8 Å². The van der Waals surface area contributed by atoms with Crippen molar-refractivity contribution in [2.75, 3.05) is 20.8 Å². The summed E-state index contributed by atoms with van der Waals surface area (Å²) in [6, 6.07) is -0.696. The van der Waals surface area contributed by atoms with Gasteiger partial charge in [0, 0.05) is 7.11 Å². The van der Waals surface area contributed by atoms with Crippen LogP contribution in [0.5, 0.6) is 0 Å². The number of hydrogen-bond acceptors (Lipinski definition) is 5. The lowest BCUT2D eigenvalue weighted by Gasteiger charge is -2.29. The summed E-state index contributed by atoms with van der Waals surface area (Å²) in [5.74, 6) is -0.423.